The van der Waals surface area contributed by atoms with Crippen LogP contribution in [0.5, 0.6) is 11.5 Å². The lowest BCUT2D eigenvalue weighted by Crippen LogP contribution is -2.07. The van der Waals surface area contributed by atoms with Gasteiger partial charge < -0.3 is 9.47 Å². The fourth-order valence-corrected chi connectivity index (χ4v) is 2.45. The maximum atomic E-state index is 13.3. The van der Waals surface area contributed by atoms with E-state index in [0.29, 0.717) is 12.4 Å². The Morgan fingerprint density at radius 1 is 1.09 bits per heavy atom. The molecule has 0 saturated heterocycles. The molecule has 0 unspecified atom stereocenters. The minimum Gasteiger partial charge on any atom is -0.495 e. The number of carbonyl (C=O) groups is 1. The third kappa shape index (κ3) is 3.18. The van der Waals surface area contributed by atoms with Crippen LogP contribution in [0.25, 0.3) is 0 Å². The number of hydrogen-bond acceptors (Lipinski definition) is 3. The average Bonchev–Trinajstić information content (AvgIpc) is 2.50. The Labute approximate surface area is 137 Å². The van der Waals surface area contributed by atoms with Gasteiger partial charge in [0, 0.05) is 11.6 Å². The molecule has 0 amide bonds. The second kappa shape index (κ2) is 6.99. The number of carbonyl (C=O) groups excluding carboxylic acids is 1. The summed E-state index contributed by atoms with van der Waals surface area (Å²) in [5.74, 6) is -0.361. The molecule has 0 spiro atoms. The third-order valence-corrected chi connectivity index (χ3v) is 3.86. The second-order valence-electron chi connectivity index (χ2n) is 4.35. The molecular weight excluding hydrogens is 330 g/mol. The minimum atomic E-state index is -0.487. The lowest BCUT2D eigenvalue weighted by atomic mass is 10.0. The zero-order valence-electron chi connectivity index (χ0n) is 12.0. The maximum Gasteiger partial charge on any atom is 0.198 e. The van der Waals surface area contributed by atoms with Gasteiger partial charge >= 0.3 is 0 Å². The van der Waals surface area contributed by atoms with E-state index in [0.717, 1.165) is 6.07 Å². The van der Waals surface area contributed by atoms with Crippen LogP contribution in [0.4, 0.5) is 4.39 Å². The van der Waals surface area contributed by atoms with Gasteiger partial charge in [-0.05, 0) is 31.2 Å². The highest BCUT2D eigenvalue weighted by Crippen LogP contribution is 2.36. The first-order chi connectivity index (χ1) is 10.5. The van der Waals surface area contributed by atoms with Gasteiger partial charge in [-0.1, -0.05) is 23.2 Å². The number of benzene rings is 2. The summed E-state index contributed by atoms with van der Waals surface area (Å²) >= 11 is 12.2. The van der Waals surface area contributed by atoms with Crippen molar-refractivity contribution in [1.82, 2.24) is 0 Å². The number of rotatable bonds is 5. The Balaban J connectivity index is 2.51. The molecule has 22 heavy (non-hydrogen) atoms. The summed E-state index contributed by atoms with van der Waals surface area (Å²) in [4.78, 5) is 12.6. The van der Waals surface area contributed by atoms with Gasteiger partial charge in [0.1, 0.15) is 22.3 Å². The molecule has 0 aliphatic rings. The molecule has 0 aliphatic carbocycles. The SMILES string of the molecule is CCOc1cc(F)ccc1C(=O)c1ccc(OC)c(Cl)c1Cl. The molecule has 2 aromatic carbocycles. The summed E-state index contributed by atoms with van der Waals surface area (Å²) in [5, 5.41) is 0.230. The van der Waals surface area contributed by atoms with Crippen molar-refractivity contribution in [3.05, 3.63) is 57.3 Å². The average molecular weight is 343 g/mol. The Kier molecular flexibility index (Phi) is 5.27. The Morgan fingerprint density at radius 2 is 1.77 bits per heavy atom. The van der Waals surface area contributed by atoms with Gasteiger partial charge in [0.15, 0.2) is 5.78 Å². The molecule has 2 aromatic rings. The first-order valence-electron chi connectivity index (χ1n) is 6.48. The van der Waals surface area contributed by atoms with Crippen molar-refractivity contribution in [2.24, 2.45) is 0 Å². The molecule has 2 rings (SSSR count). The van der Waals surface area contributed by atoms with Crippen LogP contribution in [0.1, 0.15) is 22.8 Å². The van der Waals surface area contributed by atoms with Gasteiger partial charge in [0.05, 0.1) is 24.3 Å². The van der Waals surface area contributed by atoms with Crippen molar-refractivity contribution in [2.75, 3.05) is 13.7 Å². The molecular formula is C16H13Cl2FO3. The first kappa shape index (κ1) is 16.6. The highest BCUT2D eigenvalue weighted by atomic mass is 35.5. The summed E-state index contributed by atoms with van der Waals surface area (Å²) in [6.07, 6.45) is 0. The van der Waals surface area contributed by atoms with Crippen LogP contribution < -0.4 is 9.47 Å². The summed E-state index contributed by atoms with van der Waals surface area (Å²) in [6, 6.07) is 6.77. The van der Waals surface area contributed by atoms with E-state index in [-0.39, 0.29) is 26.9 Å². The van der Waals surface area contributed by atoms with Crippen LogP contribution in [0, 0.1) is 5.82 Å². The predicted molar refractivity (Wildman–Crippen MR) is 84.0 cm³/mol. The summed E-state index contributed by atoms with van der Waals surface area (Å²) in [6.45, 7) is 2.05. The number of halogens is 3. The van der Waals surface area contributed by atoms with E-state index < -0.39 is 11.6 Å². The smallest absolute Gasteiger partial charge is 0.198 e. The van der Waals surface area contributed by atoms with Crippen LogP contribution in [-0.4, -0.2) is 19.5 Å². The molecule has 0 N–H and O–H groups in total. The van der Waals surface area contributed by atoms with Crippen molar-refractivity contribution in [2.45, 2.75) is 6.92 Å². The monoisotopic (exact) mass is 342 g/mol. The van der Waals surface area contributed by atoms with E-state index in [9.17, 15) is 9.18 Å². The molecule has 6 heteroatoms. The fraction of sp³-hybridized carbons (Fsp3) is 0.188. The summed E-state index contributed by atoms with van der Waals surface area (Å²) < 4.78 is 23.7. The van der Waals surface area contributed by atoms with Crippen molar-refractivity contribution >= 4 is 29.0 Å². The number of ether oxygens (including phenoxy) is 2. The number of hydrogen-bond donors (Lipinski definition) is 0. The zero-order valence-corrected chi connectivity index (χ0v) is 13.5. The minimum absolute atomic E-state index is 0.0813. The number of ketones is 1. The van der Waals surface area contributed by atoms with E-state index >= 15 is 0 Å². The molecule has 0 bridgehead atoms. The standard InChI is InChI=1S/C16H13Cl2FO3/c1-3-22-13-8-9(19)4-5-10(13)16(20)11-6-7-12(21-2)15(18)14(11)17/h4-8H,3H2,1-2H3. The molecule has 0 heterocycles. The maximum absolute atomic E-state index is 13.3. The zero-order chi connectivity index (χ0) is 16.3. The van der Waals surface area contributed by atoms with Gasteiger partial charge in [-0.15, -0.1) is 0 Å². The second-order valence-corrected chi connectivity index (χ2v) is 5.10. The highest BCUT2D eigenvalue weighted by molar-refractivity contribution is 6.45. The van der Waals surface area contributed by atoms with Gasteiger partial charge in [-0.2, -0.15) is 0 Å². The molecule has 0 aliphatic heterocycles. The summed E-state index contributed by atoms with van der Waals surface area (Å²) in [7, 11) is 1.45. The molecule has 116 valence electrons. The van der Waals surface area contributed by atoms with Gasteiger partial charge in [-0.3, -0.25) is 4.79 Å². The van der Waals surface area contributed by atoms with E-state index in [1.54, 1.807) is 13.0 Å². The van der Waals surface area contributed by atoms with Crippen molar-refractivity contribution in [3.63, 3.8) is 0 Å². The van der Waals surface area contributed by atoms with Gasteiger partial charge in [0.25, 0.3) is 0 Å². The molecule has 3 nitrogen and oxygen atoms in total. The quantitative estimate of drug-likeness (QED) is 0.734. The lowest BCUT2D eigenvalue weighted by molar-refractivity contribution is 0.103. The lowest BCUT2D eigenvalue weighted by Gasteiger charge is -2.12. The molecule has 0 fully saturated rings. The fourth-order valence-electron chi connectivity index (χ4n) is 1.97. The Hall–Kier alpha value is -1.78. The Bertz CT molecular complexity index is 717. The van der Waals surface area contributed by atoms with E-state index in [1.807, 2.05) is 0 Å². The van der Waals surface area contributed by atoms with Gasteiger partial charge in [-0.25, -0.2) is 4.39 Å². The van der Waals surface area contributed by atoms with Crippen LogP contribution >= 0.6 is 23.2 Å². The predicted octanol–water partition coefficient (Wildman–Crippen LogP) is 4.77. The number of methoxy groups -OCH3 is 1. The molecule has 0 radical (unpaired) electrons. The molecule has 0 aromatic heterocycles. The van der Waals surface area contributed by atoms with Crippen LogP contribution in [-0.2, 0) is 0 Å². The Morgan fingerprint density at radius 3 is 2.41 bits per heavy atom. The van der Waals surface area contributed by atoms with Crippen LogP contribution in [0.2, 0.25) is 10.0 Å². The van der Waals surface area contributed by atoms with Crippen LogP contribution in [0.15, 0.2) is 30.3 Å². The highest BCUT2D eigenvalue weighted by Gasteiger charge is 2.21. The van der Waals surface area contributed by atoms with Crippen molar-refractivity contribution in [3.8, 4) is 11.5 Å². The summed E-state index contributed by atoms with van der Waals surface area (Å²) in [5.41, 5.74) is 0.409. The van der Waals surface area contributed by atoms with Crippen molar-refractivity contribution < 1.29 is 18.7 Å². The normalized spacial score (nSPS) is 10.4. The van der Waals surface area contributed by atoms with E-state index in [2.05, 4.69) is 0 Å². The first-order valence-corrected chi connectivity index (χ1v) is 7.24. The van der Waals surface area contributed by atoms with Crippen LogP contribution in [0.3, 0.4) is 0 Å². The molecule has 0 saturated carbocycles. The van der Waals surface area contributed by atoms with Gasteiger partial charge in [0.2, 0.25) is 0 Å². The third-order valence-electron chi connectivity index (χ3n) is 3.00. The topological polar surface area (TPSA) is 35.5 Å². The molecule has 0 atom stereocenters. The van der Waals surface area contributed by atoms with Crippen molar-refractivity contribution in [1.29, 1.82) is 0 Å². The van der Waals surface area contributed by atoms with E-state index in [4.69, 9.17) is 32.7 Å². The largest absolute Gasteiger partial charge is 0.495 e. The van der Waals surface area contributed by atoms with E-state index in [1.165, 1.54) is 25.3 Å².